The van der Waals surface area contributed by atoms with Gasteiger partial charge in [0.25, 0.3) is 5.91 Å². The molecule has 0 spiro atoms. The summed E-state index contributed by atoms with van der Waals surface area (Å²) in [6.07, 6.45) is 3.99. The zero-order valence-corrected chi connectivity index (χ0v) is 12.4. The first-order valence-corrected chi connectivity index (χ1v) is 7.30. The van der Waals surface area contributed by atoms with Crippen molar-refractivity contribution in [1.29, 1.82) is 0 Å². The van der Waals surface area contributed by atoms with Gasteiger partial charge in [-0.3, -0.25) is 14.9 Å². The fraction of sp³-hybridized carbons (Fsp3) is 0.533. The summed E-state index contributed by atoms with van der Waals surface area (Å²) in [5.74, 6) is -0.370. The van der Waals surface area contributed by atoms with Gasteiger partial charge in [-0.05, 0) is 38.8 Å². The van der Waals surface area contributed by atoms with E-state index >= 15 is 0 Å². The number of rotatable bonds is 5. The number of nitro benzene ring substituents is 1. The summed E-state index contributed by atoms with van der Waals surface area (Å²) < 4.78 is 0. The number of hydrogen-bond acceptors (Lipinski definition) is 4. The summed E-state index contributed by atoms with van der Waals surface area (Å²) in [7, 11) is 0. The average molecular weight is 291 g/mol. The van der Waals surface area contributed by atoms with Gasteiger partial charge >= 0.3 is 5.69 Å². The van der Waals surface area contributed by atoms with E-state index in [1.165, 1.54) is 6.07 Å². The maximum absolute atomic E-state index is 12.4. The predicted molar refractivity (Wildman–Crippen MR) is 81.6 cm³/mol. The molecule has 1 aliphatic rings. The summed E-state index contributed by atoms with van der Waals surface area (Å²) in [4.78, 5) is 23.3. The van der Waals surface area contributed by atoms with E-state index in [4.69, 9.17) is 0 Å². The van der Waals surface area contributed by atoms with E-state index in [0.717, 1.165) is 25.7 Å². The highest BCUT2D eigenvalue weighted by Gasteiger charge is 2.33. The molecule has 0 aromatic heterocycles. The Morgan fingerprint density at radius 1 is 1.38 bits per heavy atom. The molecule has 0 saturated heterocycles. The number of benzene rings is 1. The molecule has 21 heavy (non-hydrogen) atoms. The molecule has 0 heterocycles. The third-order valence-corrected chi connectivity index (χ3v) is 3.95. The van der Waals surface area contributed by atoms with Crippen molar-refractivity contribution in [2.24, 2.45) is 0 Å². The minimum atomic E-state index is -0.496. The van der Waals surface area contributed by atoms with Crippen molar-refractivity contribution in [1.82, 2.24) is 5.32 Å². The first-order chi connectivity index (χ1) is 9.97. The van der Waals surface area contributed by atoms with Crippen LogP contribution in [0.15, 0.2) is 18.2 Å². The number of anilines is 1. The number of nitrogens with zero attached hydrogens (tertiary/aromatic N) is 1. The number of nitrogens with one attached hydrogen (secondary N) is 2. The quantitative estimate of drug-likeness (QED) is 0.645. The predicted octanol–water partition coefficient (Wildman–Crippen LogP) is 3.09. The highest BCUT2D eigenvalue weighted by Crippen LogP contribution is 2.32. The monoisotopic (exact) mass is 291 g/mol. The van der Waals surface area contributed by atoms with E-state index in [0.29, 0.717) is 12.2 Å². The zero-order valence-electron chi connectivity index (χ0n) is 12.4. The first-order valence-electron chi connectivity index (χ1n) is 7.30. The van der Waals surface area contributed by atoms with Crippen LogP contribution in [0.3, 0.4) is 0 Å². The molecule has 0 unspecified atom stereocenters. The molecule has 114 valence electrons. The molecule has 1 aromatic rings. The highest BCUT2D eigenvalue weighted by atomic mass is 16.6. The van der Waals surface area contributed by atoms with E-state index in [2.05, 4.69) is 10.6 Å². The van der Waals surface area contributed by atoms with E-state index in [9.17, 15) is 14.9 Å². The van der Waals surface area contributed by atoms with Crippen LogP contribution >= 0.6 is 0 Å². The van der Waals surface area contributed by atoms with Crippen molar-refractivity contribution in [3.63, 3.8) is 0 Å². The molecule has 0 atom stereocenters. The topological polar surface area (TPSA) is 84.3 Å². The van der Waals surface area contributed by atoms with Crippen molar-refractivity contribution in [3.8, 4) is 0 Å². The molecule has 0 radical (unpaired) electrons. The molecule has 6 nitrogen and oxygen atoms in total. The maximum Gasteiger partial charge on any atom is 0.305 e. The summed E-state index contributed by atoms with van der Waals surface area (Å²) in [6.45, 7) is 4.41. The van der Waals surface area contributed by atoms with Crippen LogP contribution in [-0.4, -0.2) is 22.9 Å². The number of amides is 1. The Morgan fingerprint density at radius 2 is 2.05 bits per heavy atom. The molecule has 1 fully saturated rings. The average Bonchev–Trinajstić information content (AvgIpc) is 2.85. The lowest BCUT2D eigenvalue weighted by Gasteiger charge is -2.25. The molecular formula is C15H21N3O3. The Kier molecular flexibility index (Phi) is 4.45. The number of nitro groups is 1. The second-order valence-electron chi connectivity index (χ2n) is 5.71. The minimum Gasteiger partial charge on any atom is -0.380 e. The van der Waals surface area contributed by atoms with Crippen LogP contribution in [-0.2, 0) is 0 Å². The van der Waals surface area contributed by atoms with Gasteiger partial charge in [-0.15, -0.1) is 0 Å². The van der Waals surface area contributed by atoms with Crippen LogP contribution in [0.1, 0.15) is 49.9 Å². The van der Waals surface area contributed by atoms with E-state index in [1.807, 2.05) is 13.8 Å². The van der Waals surface area contributed by atoms with E-state index in [-0.39, 0.29) is 22.7 Å². The van der Waals surface area contributed by atoms with Crippen LogP contribution in [0.2, 0.25) is 0 Å². The van der Waals surface area contributed by atoms with Gasteiger partial charge in [-0.1, -0.05) is 18.9 Å². The molecule has 1 aromatic carbocycles. The van der Waals surface area contributed by atoms with Crippen molar-refractivity contribution in [3.05, 3.63) is 33.9 Å². The second-order valence-corrected chi connectivity index (χ2v) is 5.71. The number of carbonyl (C=O) groups is 1. The van der Waals surface area contributed by atoms with Crippen LogP contribution in [0.4, 0.5) is 11.4 Å². The SMILES string of the molecule is CCNc1cccc(C(=O)NC2(C)CCCC2)c1[N+](=O)[O-]. The molecule has 2 rings (SSSR count). The van der Waals surface area contributed by atoms with Gasteiger partial charge in [0.1, 0.15) is 11.3 Å². The maximum atomic E-state index is 12.4. The summed E-state index contributed by atoms with van der Waals surface area (Å²) >= 11 is 0. The Labute approximate surface area is 124 Å². The molecular weight excluding hydrogens is 270 g/mol. The van der Waals surface area contributed by atoms with Crippen molar-refractivity contribution < 1.29 is 9.72 Å². The number of para-hydroxylation sites is 1. The van der Waals surface area contributed by atoms with Gasteiger partial charge in [0.15, 0.2) is 0 Å². The van der Waals surface area contributed by atoms with Gasteiger partial charge < -0.3 is 10.6 Å². The van der Waals surface area contributed by atoms with E-state index < -0.39 is 4.92 Å². The summed E-state index contributed by atoms with van der Waals surface area (Å²) in [6, 6.07) is 4.79. The molecule has 1 saturated carbocycles. The van der Waals surface area contributed by atoms with Crippen LogP contribution in [0, 0.1) is 10.1 Å². The molecule has 2 N–H and O–H groups in total. The Balaban J connectivity index is 2.31. The normalized spacial score (nSPS) is 16.5. The number of carbonyl (C=O) groups excluding carboxylic acids is 1. The Hall–Kier alpha value is -2.11. The minimum absolute atomic E-state index is 0.117. The lowest BCUT2D eigenvalue weighted by molar-refractivity contribution is -0.384. The van der Waals surface area contributed by atoms with E-state index in [1.54, 1.807) is 12.1 Å². The van der Waals surface area contributed by atoms with Crippen LogP contribution in [0.25, 0.3) is 0 Å². The summed E-state index contributed by atoms with van der Waals surface area (Å²) in [5, 5.41) is 17.2. The Bertz CT molecular complexity index is 551. The second kappa shape index (κ2) is 6.11. The molecule has 1 amide bonds. The van der Waals surface area contributed by atoms with Crippen LogP contribution < -0.4 is 10.6 Å². The molecule has 0 bridgehead atoms. The lowest BCUT2D eigenvalue weighted by atomic mass is 9.99. The summed E-state index contributed by atoms with van der Waals surface area (Å²) in [5.41, 5.74) is 0.0934. The largest absolute Gasteiger partial charge is 0.380 e. The molecule has 6 heteroatoms. The zero-order chi connectivity index (χ0) is 15.5. The standard InChI is InChI=1S/C15H21N3O3/c1-3-16-12-8-6-7-11(13(12)18(20)21)14(19)17-15(2)9-4-5-10-15/h6-8,16H,3-5,9-10H2,1-2H3,(H,17,19). The molecule has 1 aliphatic carbocycles. The van der Waals surface area contributed by atoms with Gasteiger partial charge in [0.2, 0.25) is 0 Å². The fourth-order valence-electron chi connectivity index (χ4n) is 2.88. The van der Waals surface area contributed by atoms with Gasteiger partial charge in [0.05, 0.1) is 4.92 Å². The van der Waals surface area contributed by atoms with Crippen molar-refractivity contribution in [2.75, 3.05) is 11.9 Å². The smallest absolute Gasteiger partial charge is 0.305 e. The van der Waals surface area contributed by atoms with Crippen molar-refractivity contribution >= 4 is 17.3 Å². The number of hydrogen-bond donors (Lipinski definition) is 2. The third kappa shape index (κ3) is 3.32. The first kappa shape index (κ1) is 15.3. The third-order valence-electron chi connectivity index (χ3n) is 3.95. The highest BCUT2D eigenvalue weighted by molar-refractivity contribution is 6.00. The molecule has 0 aliphatic heterocycles. The van der Waals surface area contributed by atoms with Gasteiger partial charge in [-0.25, -0.2) is 0 Å². The van der Waals surface area contributed by atoms with Crippen molar-refractivity contribution in [2.45, 2.75) is 45.1 Å². The fourth-order valence-corrected chi connectivity index (χ4v) is 2.88. The lowest BCUT2D eigenvalue weighted by Crippen LogP contribution is -2.43. The Morgan fingerprint density at radius 3 is 2.62 bits per heavy atom. The van der Waals surface area contributed by atoms with Gasteiger partial charge in [-0.2, -0.15) is 0 Å². The van der Waals surface area contributed by atoms with Crippen LogP contribution in [0.5, 0.6) is 0 Å². The van der Waals surface area contributed by atoms with Gasteiger partial charge in [0, 0.05) is 12.1 Å².